The number of H-pyrrole nitrogens is 1. The minimum atomic E-state index is -0.646. The molecule has 0 radical (unpaired) electrons. The number of hydrogen-bond donors (Lipinski definition) is 1. The van der Waals surface area contributed by atoms with Crippen molar-refractivity contribution in [2.75, 3.05) is 32.5 Å². The Balaban J connectivity index is 1.78. The van der Waals surface area contributed by atoms with Crippen LogP contribution in [-0.2, 0) is 23.8 Å². The molecule has 2 aromatic heterocycles. The van der Waals surface area contributed by atoms with Crippen LogP contribution in [0.3, 0.4) is 0 Å². The molecule has 1 aromatic carbocycles. The Morgan fingerprint density at radius 3 is 2.69 bits per heavy atom. The summed E-state index contributed by atoms with van der Waals surface area (Å²) in [5.41, 5.74) is 3.03. The first-order chi connectivity index (χ1) is 14.1. The average Bonchev–Trinajstić information content (AvgIpc) is 3.21. The van der Waals surface area contributed by atoms with E-state index in [0.717, 1.165) is 16.7 Å². The summed E-state index contributed by atoms with van der Waals surface area (Å²) in [7, 11) is 2.51. The fourth-order valence-electron chi connectivity index (χ4n) is 3.14. The van der Waals surface area contributed by atoms with Crippen LogP contribution in [-0.4, -0.2) is 54.4 Å². The molecule has 0 unspecified atom stereocenters. The van der Waals surface area contributed by atoms with Crippen molar-refractivity contribution in [3.8, 4) is 11.5 Å². The van der Waals surface area contributed by atoms with Gasteiger partial charge in [0.2, 0.25) is 0 Å². The van der Waals surface area contributed by atoms with Gasteiger partial charge in [-0.1, -0.05) is 6.07 Å². The highest BCUT2D eigenvalue weighted by Crippen LogP contribution is 2.29. The highest BCUT2D eigenvalue weighted by molar-refractivity contribution is 6.03. The molecule has 1 aliphatic rings. The smallest absolute Gasteiger partial charge is 0.355 e. The van der Waals surface area contributed by atoms with Gasteiger partial charge in [-0.3, -0.25) is 4.98 Å². The lowest BCUT2D eigenvalue weighted by Crippen LogP contribution is -2.38. The number of aromatic amines is 1. The molecule has 0 bridgehead atoms. The first kappa shape index (κ1) is 18.6. The van der Waals surface area contributed by atoms with Gasteiger partial charge >= 0.3 is 11.9 Å². The topological polar surface area (TPSA) is 107 Å². The van der Waals surface area contributed by atoms with E-state index in [0.29, 0.717) is 11.5 Å². The van der Waals surface area contributed by atoms with Crippen molar-refractivity contribution < 1.29 is 23.8 Å². The van der Waals surface area contributed by atoms with Crippen LogP contribution in [0, 0.1) is 0 Å². The number of methoxy groups -OCH3 is 2. The molecule has 9 nitrogen and oxygen atoms in total. The number of carbonyl (C=O) groups is 2. The van der Waals surface area contributed by atoms with Crippen molar-refractivity contribution in [3.05, 3.63) is 53.9 Å². The third-order valence-corrected chi connectivity index (χ3v) is 4.52. The van der Waals surface area contributed by atoms with E-state index in [1.165, 1.54) is 14.2 Å². The molecule has 0 amide bonds. The third kappa shape index (κ3) is 3.43. The molecule has 1 N–H and O–H groups in total. The van der Waals surface area contributed by atoms with Crippen LogP contribution in [0.2, 0.25) is 0 Å². The maximum absolute atomic E-state index is 12.4. The largest absolute Gasteiger partial charge is 0.466 e. The van der Waals surface area contributed by atoms with Crippen molar-refractivity contribution in [2.24, 2.45) is 0 Å². The van der Waals surface area contributed by atoms with Gasteiger partial charge < -0.3 is 24.1 Å². The Labute approximate surface area is 165 Å². The SMILES string of the molecule is COC(=O)C1=C(C(=O)OC)N(c2ccc3nc(-c4ccccn4)[nH]c3c2)COC1. The molecular formula is C20H18N4O5. The van der Waals surface area contributed by atoms with Gasteiger partial charge in [-0.05, 0) is 30.3 Å². The highest BCUT2D eigenvalue weighted by Gasteiger charge is 2.32. The summed E-state index contributed by atoms with van der Waals surface area (Å²) < 4.78 is 15.2. The van der Waals surface area contributed by atoms with E-state index in [2.05, 4.69) is 15.0 Å². The molecule has 3 aromatic rings. The molecule has 0 atom stereocenters. The highest BCUT2D eigenvalue weighted by atomic mass is 16.5. The normalized spacial score (nSPS) is 14.2. The molecular weight excluding hydrogens is 376 g/mol. The minimum absolute atomic E-state index is 0.0380. The quantitative estimate of drug-likeness (QED) is 0.670. The lowest BCUT2D eigenvalue weighted by molar-refractivity contribution is -0.140. The van der Waals surface area contributed by atoms with Crippen LogP contribution in [0.5, 0.6) is 0 Å². The number of hydrogen-bond acceptors (Lipinski definition) is 8. The van der Waals surface area contributed by atoms with Gasteiger partial charge in [-0.25, -0.2) is 14.6 Å². The van der Waals surface area contributed by atoms with Crippen molar-refractivity contribution >= 4 is 28.7 Å². The summed E-state index contributed by atoms with van der Waals surface area (Å²) in [6.45, 7) is 0.0431. The van der Waals surface area contributed by atoms with E-state index in [4.69, 9.17) is 14.2 Å². The van der Waals surface area contributed by atoms with E-state index in [9.17, 15) is 9.59 Å². The van der Waals surface area contributed by atoms with Gasteiger partial charge in [-0.2, -0.15) is 0 Å². The second-order valence-electron chi connectivity index (χ2n) is 6.22. The number of carbonyl (C=O) groups excluding carboxylic acids is 2. The Hall–Kier alpha value is -3.72. The average molecular weight is 394 g/mol. The third-order valence-electron chi connectivity index (χ3n) is 4.52. The first-order valence-electron chi connectivity index (χ1n) is 8.78. The van der Waals surface area contributed by atoms with Crippen molar-refractivity contribution in [1.29, 1.82) is 0 Å². The monoisotopic (exact) mass is 394 g/mol. The fraction of sp³-hybridized carbons (Fsp3) is 0.200. The molecule has 3 heterocycles. The van der Waals surface area contributed by atoms with Gasteiger partial charge in [0, 0.05) is 11.9 Å². The molecule has 0 saturated carbocycles. The number of imidazole rings is 1. The van der Waals surface area contributed by atoms with Crippen LogP contribution < -0.4 is 4.90 Å². The number of aromatic nitrogens is 3. The zero-order chi connectivity index (χ0) is 20.4. The van der Waals surface area contributed by atoms with Gasteiger partial charge in [-0.15, -0.1) is 0 Å². The lowest BCUT2D eigenvalue weighted by Gasteiger charge is -2.31. The number of esters is 2. The molecule has 9 heteroatoms. The van der Waals surface area contributed by atoms with E-state index >= 15 is 0 Å². The van der Waals surface area contributed by atoms with Crippen LogP contribution in [0.4, 0.5) is 5.69 Å². The second-order valence-corrected chi connectivity index (χ2v) is 6.22. The molecule has 29 heavy (non-hydrogen) atoms. The van der Waals surface area contributed by atoms with Crippen LogP contribution in [0.25, 0.3) is 22.6 Å². The van der Waals surface area contributed by atoms with Gasteiger partial charge in [0.05, 0.1) is 37.4 Å². The predicted octanol–water partition coefficient (Wildman–Crippen LogP) is 2.02. The number of pyridine rings is 1. The summed E-state index contributed by atoms with van der Waals surface area (Å²) in [5, 5.41) is 0. The Bertz CT molecular complexity index is 1110. The van der Waals surface area contributed by atoms with E-state index in [1.54, 1.807) is 17.2 Å². The van der Waals surface area contributed by atoms with Crippen LogP contribution >= 0.6 is 0 Å². The zero-order valence-corrected chi connectivity index (χ0v) is 15.8. The Kier molecular flexibility index (Phi) is 4.96. The molecule has 1 aliphatic heterocycles. The number of nitrogens with one attached hydrogen (secondary N) is 1. The van der Waals surface area contributed by atoms with E-state index in [1.807, 2.05) is 30.3 Å². The number of anilines is 1. The van der Waals surface area contributed by atoms with Gasteiger partial charge in [0.25, 0.3) is 0 Å². The zero-order valence-electron chi connectivity index (χ0n) is 15.8. The number of benzene rings is 1. The second kappa shape index (κ2) is 7.72. The predicted molar refractivity (Wildman–Crippen MR) is 104 cm³/mol. The maximum Gasteiger partial charge on any atom is 0.355 e. The summed E-state index contributed by atoms with van der Waals surface area (Å²) in [6, 6.07) is 11.0. The standard InChI is InChI=1S/C20H18N4O5/c1-27-19(25)13-10-29-11-24(17(13)20(26)28-2)12-6-7-14-16(9-12)23-18(22-14)15-5-3-4-8-21-15/h3-9H,10-11H2,1-2H3,(H,22,23). The Morgan fingerprint density at radius 1 is 1.14 bits per heavy atom. The van der Waals surface area contributed by atoms with E-state index in [-0.39, 0.29) is 24.6 Å². The van der Waals surface area contributed by atoms with Crippen molar-refractivity contribution in [3.63, 3.8) is 0 Å². The summed E-state index contributed by atoms with van der Waals surface area (Å²) in [6.07, 6.45) is 1.70. The molecule has 0 spiro atoms. The molecule has 4 rings (SSSR count). The van der Waals surface area contributed by atoms with Crippen LogP contribution in [0.1, 0.15) is 0 Å². The minimum Gasteiger partial charge on any atom is -0.466 e. The van der Waals surface area contributed by atoms with Crippen molar-refractivity contribution in [2.45, 2.75) is 0 Å². The summed E-state index contributed by atoms with van der Waals surface area (Å²) >= 11 is 0. The molecule has 0 aliphatic carbocycles. The number of rotatable bonds is 4. The first-order valence-corrected chi connectivity index (χ1v) is 8.78. The van der Waals surface area contributed by atoms with Gasteiger partial charge in [0.1, 0.15) is 18.1 Å². The van der Waals surface area contributed by atoms with E-state index < -0.39 is 11.9 Å². The molecule has 0 fully saturated rings. The number of fused-ring (bicyclic) bond motifs is 1. The summed E-state index contributed by atoms with van der Waals surface area (Å²) in [4.78, 5) is 38.2. The van der Waals surface area contributed by atoms with Crippen LogP contribution in [0.15, 0.2) is 53.9 Å². The number of nitrogens with zero attached hydrogens (tertiary/aromatic N) is 3. The Morgan fingerprint density at radius 2 is 1.97 bits per heavy atom. The van der Waals surface area contributed by atoms with Crippen molar-refractivity contribution in [1.82, 2.24) is 15.0 Å². The number of ether oxygens (including phenoxy) is 3. The fourth-order valence-corrected chi connectivity index (χ4v) is 3.14. The summed E-state index contributed by atoms with van der Waals surface area (Å²) in [5.74, 6) is -0.658. The van der Waals surface area contributed by atoms with Gasteiger partial charge in [0.15, 0.2) is 5.82 Å². The maximum atomic E-state index is 12.4. The molecule has 0 saturated heterocycles. The lowest BCUT2D eigenvalue weighted by atomic mass is 10.1. The molecule has 148 valence electrons.